The largest absolute Gasteiger partial charge is 0.392 e. The number of rotatable bonds is 2. The lowest BCUT2D eigenvalue weighted by Crippen LogP contribution is -2.15. The van der Waals surface area contributed by atoms with Crippen molar-refractivity contribution in [2.75, 3.05) is 6.54 Å². The normalized spacial score (nSPS) is 42.8. The Kier molecular flexibility index (Phi) is 2.45. The molecule has 2 saturated carbocycles. The summed E-state index contributed by atoms with van der Waals surface area (Å²) >= 11 is 0. The van der Waals surface area contributed by atoms with Gasteiger partial charge in [-0.15, -0.1) is 0 Å². The lowest BCUT2D eigenvalue weighted by Gasteiger charge is -2.17. The number of nitrogens with one attached hydrogen (secondary N) is 1. The molecule has 3 unspecified atom stereocenters. The highest BCUT2D eigenvalue weighted by Gasteiger charge is 2.42. The Morgan fingerprint density at radius 3 is 2.83 bits per heavy atom. The van der Waals surface area contributed by atoms with Gasteiger partial charge in [-0.3, -0.25) is 0 Å². The maximum atomic E-state index is 9.51. The van der Waals surface area contributed by atoms with Crippen LogP contribution in [-0.2, 0) is 0 Å². The molecule has 5 nitrogen and oxygen atoms in total. The van der Waals surface area contributed by atoms with E-state index in [9.17, 15) is 5.11 Å². The highest BCUT2D eigenvalue weighted by molar-refractivity contribution is 5.08. The summed E-state index contributed by atoms with van der Waals surface area (Å²) in [5.41, 5.74) is 0. The van der Waals surface area contributed by atoms with Gasteiger partial charge in [-0.2, -0.15) is 4.98 Å². The average Bonchev–Trinajstić information content (AvgIpc) is 3.12. The fraction of sp³-hybridized carbons (Fsp3) is 0.846. The van der Waals surface area contributed by atoms with Crippen LogP contribution in [0.25, 0.3) is 0 Å². The van der Waals surface area contributed by atoms with Crippen molar-refractivity contribution in [2.45, 2.75) is 50.2 Å². The topological polar surface area (TPSA) is 71.2 Å². The van der Waals surface area contributed by atoms with Crippen molar-refractivity contribution in [3.8, 4) is 0 Å². The third-order valence-electron chi connectivity index (χ3n) is 4.93. The molecule has 5 heteroatoms. The van der Waals surface area contributed by atoms with Gasteiger partial charge in [0.15, 0.2) is 5.82 Å². The number of aliphatic hydroxyl groups excluding tert-OH is 1. The highest BCUT2D eigenvalue weighted by Crippen LogP contribution is 2.52. The molecule has 2 aliphatic carbocycles. The SMILES string of the molecule is O[C@@H]1CN[C@@H](c2nc(C3CC4CCC3C4)no2)C1. The molecule has 4 rings (SSSR count). The van der Waals surface area contributed by atoms with Crippen LogP contribution in [-0.4, -0.2) is 27.9 Å². The minimum Gasteiger partial charge on any atom is -0.392 e. The highest BCUT2D eigenvalue weighted by atomic mass is 16.5. The molecule has 1 aliphatic heterocycles. The second-order valence-electron chi connectivity index (χ2n) is 6.12. The molecule has 1 aromatic rings. The maximum absolute atomic E-state index is 9.51. The molecule has 2 bridgehead atoms. The van der Waals surface area contributed by atoms with Crippen LogP contribution in [0.2, 0.25) is 0 Å². The van der Waals surface area contributed by atoms with Crippen LogP contribution in [0.1, 0.15) is 55.8 Å². The Hall–Kier alpha value is -0.940. The van der Waals surface area contributed by atoms with Crippen molar-refractivity contribution < 1.29 is 9.63 Å². The molecule has 1 saturated heterocycles. The molecule has 0 amide bonds. The zero-order chi connectivity index (χ0) is 12.1. The van der Waals surface area contributed by atoms with E-state index >= 15 is 0 Å². The van der Waals surface area contributed by atoms with E-state index in [4.69, 9.17) is 4.52 Å². The van der Waals surface area contributed by atoms with Gasteiger partial charge in [0.2, 0.25) is 5.89 Å². The van der Waals surface area contributed by atoms with Gasteiger partial charge in [-0.25, -0.2) is 0 Å². The van der Waals surface area contributed by atoms with E-state index in [0.717, 1.165) is 17.7 Å². The third-order valence-corrected chi connectivity index (χ3v) is 4.93. The maximum Gasteiger partial charge on any atom is 0.243 e. The molecule has 1 aromatic heterocycles. The first-order valence-electron chi connectivity index (χ1n) is 7.04. The van der Waals surface area contributed by atoms with Crippen molar-refractivity contribution in [1.29, 1.82) is 0 Å². The van der Waals surface area contributed by atoms with Crippen LogP contribution in [0.15, 0.2) is 4.52 Å². The summed E-state index contributed by atoms with van der Waals surface area (Å²) in [6.45, 7) is 0.622. The van der Waals surface area contributed by atoms with Gasteiger partial charge >= 0.3 is 0 Å². The number of β-amino-alcohol motifs (C(OH)–C–C–N with tert-alkyl or cyclic N) is 1. The number of nitrogens with zero attached hydrogens (tertiary/aromatic N) is 2. The number of fused-ring (bicyclic) bond motifs is 2. The average molecular weight is 249 g/mol. The van der Waals surface area contributed by atoms with E-state index in [1.807, 2.05) is 0 Å². The molecular weight excluding hydrogens is 230 g/mol. The molecule has 0 spiro atoms. The number of hydrogen-bond acceptors (Lipinski definition) is 5. The summed E-state index contributed by atoms with van der Waals surface area (Å²) in [4.78, 5) is 4.58. The smallest absolute Gasteiger partial charge is 0.243 e. The van der Waals surface area contributed by atoms with Gasteiger partial charge < -0.3 is 14.9 Å². The van der Waals surface area contributed by atoms with Gasteiger partial charge in [0, 0.05) is 12.5 Å². The first kappa shape index (κ1) is 10.9. The summed E-state index contributed by atoms with van der Waals surface area (Å²) in [5.74, 6) is 3.76. The second-order valence-corrected chi connectivity index (χ2v) is 6.12. The number of aliphatic hydroxyl groups is 1. The molecular formula is C13H19N3O2. The van der Waals surface area contributed by atoms with Crippen molar-refractivity contribution in [3.05, 3.63) is 11.7 Å². The van der Waals surface area contributed by atoms with Crippen molar-refractivity contribution in [1.82, 2.24) is 15.5 Å². The van der Waals surface area contributed by atoms with Gasteiger partial charge in [0.25, 0.3) is 0 Å². The molecule has 0 aromatic carbocycles. The molecule has 98 valence electrons. The van der Waals surface area contributed by atoms with Crippen molar-refractivity contribution >= 4 is 0 Å². The fourth-order valence-electron chi connectivity index (χ4n) is 4.01. The fourth-order valence-corrected chi connectivity index (χ4v) is 4.01. The predicted octanol–water partition coefficient (Wildman–Crippen LogP) is 1.37. The summed E-state index contributed by atoms with van der Waals surface area (Å²) < 4.78 is 5.38. The molecule has 0 radical (unpaired) electrons. The minimum absolute atomic E-state index is 0.0415. The Balaban J connectivity index is 1.52. The summed E-state index contributed by atoms with van der Waals surface area (Å²) in [6, 6.07) is 0.0415. The Labute approximate surface area is 106 Å². The zero-order valence-corrected chi connectivity index (χ0v) is 10.4. The second kappa shape index (κ2) is 4.03. The standard InChI is InChI=1S/C13H19N3O2/c17-9-5-11(14-6-9)13-15-12(16-18-13)10-4-7-1-2-8(10)3-7/h7-11,14,17H,1-6H2/t7?,8?,9-,10?,11+/m0/s1. The lowest BCUT2D eigenvalue weighted by molar-refractivity contribution is 0.191. The number of aromatic nitrogens is 2. The molecule has 5 atom stereocenters. The van der Waals surface area contributed by atoms with Gasteiger partial charge in [0.05, 0.1) is 12.1 Å². The van der Waals surface area contributed by atoms with Crippen LogP contribution < -0.4 is 5.32 Å². The molecule has 3 aliphatic rings. The van der Waals surface area contributed by atoms with Crippen LogP contribution in [0.4, 0.5) is 0 Å². The van der Waals surface area contributed by atoms with E-state index in [1.165, 1.54) is 25.7 Å². The van der Waals surface area contributed by atoms with E-state index in [-0.39, 0.29) is 12.1 Å². The summed E-state index contributed by atoms with van der Waals surface area (Å²) in [5, 5.41) is 16.9. The van der Waals surface area contributed by atoms with Gasteiger partial charge in [-0.1, -0.05) is 11.6 Å². The van der Waals surface area contributed by atoms with E-state index in [0.29, 0.717) is 24.8 Å². The number of hydrogen-bond donors (Lipinski definition) is 2. The quantitative estimate of drug-likeness (QED) is 0.828. The van der Waals surface area contributed by atoms with Gasteiger partial charge in [-0.05, 0) is 37.5 Å². The monoisotopic (exact) mass is 249 g/mol. The first-order chi connectivity index (χ1) is 8.79. The van der Waals surface area contributed by atoms with E-state index in [2.05, 4.69) is 15.5 Å². The summed E-state index contributed by atoms with van der Waals surface area (Å²) in [7, 11) is 0. The predicted molar refractivity (Wildman–Crippen MR) is 63.9 cm³/mol. The van der Waals surface area contributed by atoms with Crippen LogP contribution in [0.5, 0.6) is 0 Å². The molecule has 18 heavy (non-hydrogen) atoms. The zero-order valence-electron chi connectivity index (χ0n) is 10.4. The van der Waals surface area contributed by atoms with Crippen LogP contribution >= 0.6 is 0 Å². The minimum atomic E-state index is -0.284. The summed E-state index contributed by atoms with van der Waals surface area (Å²) in [6.07, 6.45) is 5.72. The van der Waals surface area contributed by atoms with Crippen LogP contribution in [0.3, 0.4) is 0 Å². The van der Waals surface area contributed by atoms with E-state index < -0.39 is 0 Å². The Morgan fingerprint density at radius 2 is 2.17 bits per heavy atom. The third kappa shape index (κ3) is 1.68. The first-order valence-corrected chi connectivity index (χ1v) is 7.04. The Bertz CT molecular complexity index is 447. The lowest BCUT2D eigenvalue weighted by atomic mass is 9.88. The molecule has 2 heterocycles. The van der Waals surface area contributed by atoms with Crippen molar-refractivity contribution in [2.24, 2.45) is 11.8 Å². The van der Waals surface area contributed by atoms with E-state index in [1.54, 1.807) is 0 Å². The van der Waals surface area contributed by atoms with Gasteiger partial charge in [0.1, 0.15) is 0 Å². The van der Waals surface area contributed by atoms with Crippen molar-refractivity contribution in [3.63, 3.8) is 0 Å². The van der Waals surface area contributed by atoms with Crippen LogP contribution in [0, 0.1) is 11.8 Å². The Morgan fingerprint density at radius 1 is 1.22 bits per heavy atom. The molecule has 2 N–H and O–H groups in total. The molecule has 3 fully saturated rings.